The number of benzene rings is 2. The van der Waals surface area contributed by atoms with Gasteiger partial charge in [0.05, 0.1) is 6.04 Å². The molecule has 3 aliphatic rings. The fraction of sp³-hybridized carbons (Fsp3) is 0.360. The molecular formula is C25H27N. The molecule has 0 radical (unpaired) electrons. The van der Waals surface area contributed by atoms with E-state index in [1.54, 1.807) is 5.56 Å². The van der Waals surface area contributed by atoms with Crippen molar-refractivity contribution in [3.05, 3.63) is 88.1 Å². The van der Waals surface area contributed by atoms with Crippen LogP contribution >= 0.6 is 0 Å². The highest BCUT2D eigenvalue weighted by atomic mass is 15.3. The molecule has 132 valence electrons. The standard InChI is InChI=1S/C25H27N/c1-16-11-18(3)23-20(12-16)22-13-17(2)21(19-9-7-6-8-10-19)14-26(22)25(5)15-24(23,25)4/h6-14,22H,15H2,1-5H3. The van der Waals surface area contributed by atoms with Crippen LogP contribution < -0.4 is 0 Å². The maximum Gasteiger partial charge on any atom is 0.0736 e. The normalized spacial score (nSPS) is 31.4. The first-order valence-electron chi connectivity index (χ1n) is 9.71. The van der Waals surface area contributed by atoms with E-state index >= 15 is 0 Å². The van der Waals surface area contributed by atoms with Crippen molar-refractivity contribution in [1.82, 2.24) is 4.90 Å². The molecule has 1 fully saturated rings. The van der Waals surface area contributed by atoms with E-state index in [-0.39, 0.29) is 11.0 Å². The molecule has 0 spiro atoms. The summed E-state index contributed by atoms with van der Waals surface area (Å²) in [6.07, 6.45) is 6.17. The number of nitrogens with zero attached hydrogens (tertiary/aromatic N) is 1. The monoisotopic (exact) mass is 341 g/mol. The molecular weight excluding hydrogens is 314 g/mol. The van der Waals surface area contributed by atoms with Crippen molar-refractivity contribution in [3.8, 4) is 0 Å². The molecule has 1 nitrogen and oxygen atoms in total. The van der Waals surface area contributed by atoms with Gasteiger partial charge in [0.25, 0.3) is 0 Å². The quantitative estimate of drug-likeness (QED) is 0.607. The second-order valence-electron chi connectivity index (χ2n) is 8.94. The minimum atomic E-state index is 0.210. The molecule has 1 heteroatoms. The zero-order valence-electron chi connectivity index (χ0n) is 16.4. The van der Waals surface area contributed by atoms with E-state index in [1.807, 2.05) is 0 Å². The molecule has 1 aliphatic carbocycles. The Hall–Kier alpha value is -2.28. The summed E-state index contributed by atoms with van der Waals surface area (Å²) in [7, 11) is 0. The van der Waals surface area contributed by atoms with Crippen LogP contribution in [0.1, 0.15) is 61.1 Å². The van der Waals surface area contributed by atoms with Crippen molar-refractivity contribution in [1.29, 1.82) is 0 Å². The summed E-state index contributed by atoms with van der Waals surface area (Å²) in [5.41, 5.74) is 10.5. The van der Waals surface area contributed by atoms with Crippen LogP contribution in [0.3, 0.4) is 0 Å². The Bertz CT molecular complexity index is 981. The zero-order chi connectivity index (χ0) is 18.3. The van der Waals surface area contributed by atoms with Gasteiger partial charge in [-0.2, -0.15) is 0 Å². The fourth-order valence-electron chi connectivity index (χ4n) is 5.70. The largest absolute Gasteiger partial charge is 0.360 e. The van der Waals surface area contributed by atoms with Crippen molar-refractivity contribution in [2.24, 2.45) is 0 Å². The number of rotatable bonds is 1. The summed E-state index contributed by atoms with van der Waals surface area (Å²) in [6.45, 7) is 11.7. The summed E-state index contributed by atoms with van der Waals surface area (Å²) in [6, 6.07) is 16.0. The molecule has 2 heterocycles. The summed E-state index contributed by atoms with van der Waals surface area (Å²) in [5.74, 6) is 0. The van der Waals surface area contributed by atoms with Gasteiger partial charge < -0.3 is 4.90 Å². The molecule has 3 unspecified atom stereocenters. The van der Waals surface area contributed by atoms with E-state index in [1.165, 1.54) is 39.8 Å². The van der Waals surface area contributed by atoms with E-state index in [2.05, 4.69) is 94.3 Å². The molecule has 0 bridgehead atoms. The molecule has 2 aliphatic heterocycles. The Labute approximate surface area is 157 Å². The van der Waals surface area contributed by atoms with Gasteiger partial charge in [0.1, 0.15) is 0 Å². The Morgan fingerprint density at radius 3 is 2.46 bits per heavy atom. The van der Waals surface area contributed by atoms with E-state index in [4.69, 9.17) is 0 Å². The van der Waals surface area contributed by atoms with Crippen molar-refractivity contribution >= 4 is 5.57 Å². The van der Waals surface area contributed by atoms with Crippen molar-refractivity contribution in [3.63, 3.8) is 0 Å². The molecule has 1 saturated carbocycles. The highest BCUT2D eigenvalue weighted by Gasteiger charge is 2.69. The van der Waals surface area contributed by atoms with Crippen LogP contribution in [0, 0.1) is 13.8 Å². The van der Waals surface area contributed by atoms with Crippen molar-refractivity contribution in [2.75, 3.05) is 0 Å². The average Bonchev–Trinajstić information content (AvgIpc) is 3.18. The third-order valence-electron chi connectivity index (χ3n) is 7.20. The molecule has 5 rings (SSSR count). The minimum absolute atomic E-state index is 0.210. The number of aryl methyl sites for hydroxylation is 2. The van der Waals surface area contributed by atoms with Gasteiger partial charge in [-0.3, -0.25) is 0 Å². The van der Waals surface area contributed by atoms with Crippen LogP contribution in [0.2, 0.25) is 0 Å². The lowest BCUT2D eigenvalue weighted by Crippen LogP contribution is -2.44. The van der Waals surface area contributed by atoms with Crippen LogP contribution in [0.5, 0.6) is 0 Å². The molecule has 0 saturated heterocycles. The van der Waals surface area contributed by atoms with Crippen LogP contribution in [0.15, 0.2) is 60.3 Å². The third kappa shape index (κ3) is 1.86. The van der Waals surface area contributed by atoms with Gasteiger partial charge in [-0.25, -0.2) is 0 Å². The Morgan fingerprint density at radius 1 is 1.00 bits per heavy atom. The summed E-state index contributed by atoms with van der Waals surface area (Å²) < 4.78 is 0. The second-order valence-corrected chi connectivity index (χ2v) is 8.94. The van der Waals surface area contributed by atoms with Crippen LogP contribution in [-0.2, 0) is 5.41 Å². The lowest BCUT2D eigenvalue weighted by atomic mass is 9.76. The van der Waals surface area contributed by atoms with Gasteiger partial charge in [-0.05, 0) is 61.9 Å². The Balaban J connectivity index is 1.72. The lowest BCUT2D eigenvalue weighted by molar-refractivity contribution is 0.188. The maximum absolute atomic E-state index is 2.66. The smallest absolute Gasteiger partial charge is 0.0736 e. The summed E-state index contributed by atoms with van der Waals surface area (Å²) in [4.78, 5) is 2.66. The molecule has 0 aromatic heterocycles. The van der Waals surface area contributed by atoms with Crippen LogP contribution in [-0.4, -0.2) is 10.4 Å². The van der Waals surface area contributed by atoms with E-state index in [0.717, 1.165) is 0 Å². The Morgan fingerprint density at radius 2 is 1.73 bits per heavy atom. The van der Waals surface area contributed by atoms with Gasteiger partial charge in [-0.1, -0.05) is 61.0 Å². The van der Waals surface area contributed by atoms with Crippen molar-refractivity contribution in [2.45, 2.75) is 58.0 Å². The third-order valence-corrected chi connectivity index (χ3v) is 7.20. The lowest BCUT2D eigenvalue weighted by Gasteiger charge is -2.46. The minimum Gasteiger partial charge on any atom is -0.360 e. The van der Waals surface area contributed by atoms with Gasteiger partial charge in [0.2, 0.25) is 0 Å². The molecule has 26 heavy (non-hydrogen) atoms. The first kappa shape index (κ1) is 15.9. The molecule has 0 N–H and O–H groups in total. The van der Waals surface area contributed by atoms with E-state index in [0.29, 0.717) is 6.04 Å². The first-order chi connectivity index (χ1) is 12.3. The predicted molar refractivity (Wildman–Crippen MR) is 109 cm³/mol. The first-order valence-corrected chi connectivity index (χ1v) is 9.71. The van der Waals surface area contributed by atoms with Crippen LogP contribution in [0.25, 0.3) is 5.57 Å². The highest BCUT2D eigenvalue weighted by molar-refractivity contribution is 5.80. The number of fused-ring (bicyclic) bond motifs is 6. The molecule has 0 amide bonds. The van der Waals surface area contributed by atoms with Crippen LogP contribution in [0.4, 0.5) is 0 Å². The highest BCUT2D eigenvalue weighted by Crippen LogP contribution is 2.68. The number of hydrogen-bond acceptors (Lipinski definition) is 1. The van der Waals surface area contributed by atoms with Gasteiger partial charge in [0, 0.05) is 22.7 Å². The summed E-state index contributed by atoms with van der Waals surface area (Å²) in [5, 5.41) is 0. The predicted octanol–water partition coefficient (Wildman–Crippen LogP) is 6.08. The molecule has 2 aromatic rings. The molecule has 2 aromatic carbocycles. The summed E-state index contributed by atoms with van der Waals surface area (Å²) >= 11 is 0. The number of hydrogen-bond donors (Lipinski definition) is 0. The average molecular weight is 341 g/mol. The fourth-order valence-corrected chi connectivity index (χ4v) is 5.70. The number of allylic oxidation sites excluding steroid dienone is 2. The van der Waals surface area contributed by atoms with Gasteiger partial charge in [-0.15, -0.1) is 0 Å². The van der Waals surface area contributed by atoms with E-state index in [9.17, 15) is 0 Å². The zero-order valence-corrected chi connectivity index (χ0v) is 16.4. The van der Waals surface area contributed by atoms with Gasteiger partial charge >= 0.3 is 0 Å². The second kappa shape index (κ2) is 4.91. The SMILES string of the molecule is CC1=CC2c3cc(C)cc(C)c3C3(C)CC3(C)N2C=C1c1ccccc1. The molecule has 3 atom stereocenters. The Kier molecular flexibility index (Phi) is 3.01. The maximum atomic E-state index is 2.66. The topological polar surface area (TPSA) is 3.24 Å². The van der Waals surface area contributed by atoms with Gasteiger partial charge in [0.15, 0.2) is 0 Å². The van der Waals surface area contributed by atoms with E-state index < -0.39 is 0 Å². The van der Waals surface area contributed by atoms with Crippen molar-refractivity contribution < 1.29 is 0 Å².